The van der Waals surface area contributed by atoms with Crippen LogP contribution in [0, 0.1) is 0 Å². The topological polar surface area (TPSA) is 26.3 Å². The molecule has 0 fully saturated rings. The van der Waals surface area contributed by atoms with Gasteiger partial charge in [0, 0.05) is 6.08 Å². The first-order valence-electron chi connectivity index (χ1n) is 3.70. The fourth-order valence-corrected chi connectivity index (χ4v) is 0.635. The van der Waals surface area contributed by atoms with E-state index < -0.39 is 0 Å². The van der Waals surface area contributed by atoms with E-state index in [0.717, 1.165) is 12.8 Å². The Bertz CT molecular complexity index is 148. The molecule has 0 aromatic heterocycles. The van der Waals surface area contributed by atoms with Crippen LogP contribution in [0.5, 0.6) is 0 Å². The van der Waals surface area contributed by atoms with Crippen molar-refractivity contribution in [3.63, 3.8) is 0 Å². The number of rotatable bonds is 4. The Labute approximate surface area is 73.0 Å². The number of carbonyl (C=O) groups excluding carboxylic acids is 1. The van der Waals surface area contributed by atoms with Gasteiger partial charge >= 0.3 is 5.97 Å². The highest BCUT2D eigenvalue weighted by atomic mass is 32.1. The van der Waals surface area contributed by atoms with Crippen LogP contribution in [0.25, 0.3) is 0 Å². The van der Waals surface area contributed by atoms with E-state index in [-0.39, 0.29) is 5.97 Å². The maximum absolute atomic E-state index is 10.8. The first-order chi connectivity index (χ1) is 5.16. The summed E-state index contributed by atoms with van der Waals surface area (Å²) in [5, 5.41) is 0. The number of hydrogen-bond acceptors (Lipinski definition) is 3. The first kappa shape index (κ1) is 10.6. The van der Waals surface area contributed by atoms with Crippen molar-refractivity contribution in [3.8, 4) is 0 Å². The second-order valence-electron chi connectivity index (χ2n) is 2.31. The number of allylic oxidation sites excluding steroid dienone is 1. The van der Waals surface area contributed by atoms with Gasteiger partial charge < -0.3 is 4.74 Å². The van der Waals surface area contributed by atoms with Crippen LogP contribution in [-0.2, 0) is 9.53 Å². The molecule has 0 rings (SSSR count). The number of hydrogen-bond donors (Lipinski definition) is 1. The Morgan fingerprint density at radius 3 is 2.73 bits per heavy atom. The van der Waals surface area contributed by atoms with Gasteiger partial charge in [-0.3, -0.25) is 0 Å². The molecular weight excluding hydrogens is 160 g/mol. The maximum atomic E-state index is 10.8. The molecule has 64 valence electrons. The van der Waals surface area contributed by atoms with E-state index in [1.807, 2.05) is 6.92 Å². The van der Waals surface area contributed by atoms with Crippen LogP contribution in [-0.4, -0.2) is 12.6 Å². The maximum Gasteiger partial charge on any atom is 0.331 e. The number of thiol groups is 1. The van der Waals surface area contributed by atoms with E-state index >= 15 is 0 Å². The quantitative estimate of drug-likeness (QED) is 0.306. The van der Waals surface area contributed by atoms with Crippen LogP contribution in [0.15, 0.2) is 11.0 Å². The summed E-state index contributed by atoms with van der Waals surface area (Å²) < 4.78 is 4.83. The molecule has 0 aromatic rings. The van der Waals surface area contributed by atoms with E-state index in [1.54, 1.807) is 6.92 Å². The van der Waals surface area contributed by atoms with Crippen LogP contribution < -0.4 is 0 Å². The molecule has 2 nitrogen and oxygen atoms in total. The average Bonchev–Trinajstić information content (AvgIpc) is 1.86. The third-order valence-corrected chi connectivity index (χ3v) is 1.20. The number of carbonyl (C=O) groups is 1. The highest BCUT2D eigenvalue weighted by Gasteiger charge is 1.95. The van der Waals surface area contributed by atoms with Gasteiger partial charge in [-0.1, -0.05) is 13.3 Å². The van der Waals surface area contributed by atoms with Gasteiger partial charge in [-0.05, 0) is 18.2 Å². The normalized spacial score (nSPS) is 11.4. The van der Waals surface area contributed by atoms with E-state index in [0.29, 0.717) is 11.5 Å². The van der Waals surface area contributed by atoms with Crippen molar-refractivity contribution in [3.05, 3.63) is 11.0 Å². The minimum absolute atomic E-state index is 0.300. The molecule has 0 saturated heterocycles. The van der Waals surface area contributed by atoms with Gasteiger partial charge in [0.2, 0.25) is 0 Å². The lowest BCUT2D eigenvalue weighted by Gasteiger charge is -1.98. The van der Waals surface area contributed by atoms with Crippen LogP contribution in [0.2, 0.25) is 0 Å². The molecule has 11 heavy (non-hydrogen) atoms. The summed E-state index contributed by atoms with van der Waals surface area (Å²) in [7, 11) is 0. The predicted octanol–water partition coefficient (Wildman–Crippen LogP) is 2.16. The molecule has 0 amide bonds. The Balaban J connectivity index is 3.46. The predicted molar refractivity (Wildman–Crippen MR) is 48.6 cm³/mol. The molecule has 0 aliphatic rings. The molecule has 0 heterocycles. The summed E-state index contributed by atoms with van der Waals surface area (Å²) in [6, 6.07) is 0. The minimum atomic E-state index is -0.300. The number of ether oxygens (including phenoxy) is 1. The van der Waals surface area contributed by atoms with Gasteiger partial charge in [0.25, 0.3) is 0 Å². The SMILES string of the molecule is CCCCOC(=O)/C=C(/C)S. The second kappa shape index (κ2) is 6.28. The summed E-state index contributed by atoms with van der Waals surface area (Å²) in [6.07, 6.45) is 3.33. The van der Waals surface area contributed by atoms with Crippen LogP contribution in [0.4, 0.5) is 0 Å². The third-order valence-electron chi connectivity index (χ3n) is 1.07. The van der Waals surface area contributed by atoms with Gasteiger partial charge in [-0.15, -0.1) is 12.6 Å². The molecule has 0 N–H and O–H groups in total. The summed E-state index contributed by atoms with van der Waals surface area (Å²) in [5.41, 5.74) is 0. The van der Waals surface area contributed by atoms with Crippen molar-refractivity contribution in [2.45, 2.75) is 26.7 Å². The highest BCUT2D eigenvalue weighted by molar-refractivity contribution is 7.84. The van der Waals surface area contributed by atoms with Crippen LogP contribution in [0.1, 0.15) is 26.7 Å². The molecule has 0 aliphatic carbocycles. The zero-order valence-electron chi connectivity index (χ0n) is 6.96. The molecule has 0 radical (unpaired) electrons. The van der Waals surface area contributed by atoms with Gasteiger partial charge in [0.05, 0.1) is 6.61 Å². The highest BCUT2D eigenvalue weighted by Crippen LogP contribution is 1.98. The van der Waals surface area contributed by atoms with E-state index in [4.69, 9.17) is 4.74 Å². The van der Waals surface area contributed by atoms with Crippen LogP contribution in [0.3, 0.4) is 0 Å². The zero-order valence-corrected chi connectivity index (χ0v) is 7.86. The zero-order chi connectivity index (χ0) is 8.69. The summed E-state index contributed by atoms with van der Waals surface area (Å²) in [6.45, 7) is 4.30. The number of esters is 1. The van der Waals surface area contributed by atoms with E-state index in [9.17, 15) is 4.79 Å². The van der Waals surface area contributed by atoms with Crippen molar-refractivity contribution in [1.29, 1.82) is 0 Å². The first-order valence-corrected chi connectivity index (χ1v) is 4.15. The van der Waals surface area contributed by atoms with E-state index in [2.05, 4.69) is 12.6 Å². The Morgan fingerprint density at radius 1 is 1.64 bits per heavy atom. The monoisotopic (exact) mass is 174 g/mol. The molecule has 3 heteroatoms. The van der Waals surface area contributed by atoms with Crippen LogP contribution >= 0.6 is 12.6 Å². The molecular formula is C8H14O2S. The largest absolute Gasteiger partial charge is 0.463 e. The second-order valence-corrected chi connectivity index (χ2v) is 3.01. The molecule has 0 bridgehead atoms. The molecule has 0 unspecified atom stereocenters. The minimum Gasteiger partial charge on any atom is -0.463 e. The molecule has 0 spiro atoms. The van der Waals surface area contributed by atoms with Gasteiger partial charge in [0.15, 0.2) is 0 Å². The van der Waals surface area contributed by atoms with Crippen molar-refractivity contribution in [2.75, 3.05) is 6.61 Å². The van der Waals surface area contributed by atoms with E-state index in [1.165, 1.54) is 6.08 Å². The van der Waals surface area contributed by atoms with Crippen molar-refractivity contribution in [1.82, 2.24) is 0 Å². The number of unbranched alkanes of at least 4 members (excludes halogenated alkanes) is 1. The van der Waals surface area contributed by atoms with Gasteiger partial charge in [-0.25, -0.2) is 4.79 Å². The van der Waals surface area contributed by atoms with Crippen molar-refractivity contribution < 1.29 is 9.53 Å². The Hall–Kier alpha value is -0.440. The molecule has 0 aromatic carbocycles. The fourth-order valence-electron chi connectivity index (χ4n) is 0.529. The fraction of sp³-hybridized carbons (Fsp3) is 0.625. The van der Waals surface area contributed by atoms with Crippen molar-refractivity contribution in [2.24, 2.45) is 0 Å². The smallest absolute Gasteiger partial charge is 0.331 e. The lowest BCUT2D eigenvalue weighted by atomic mass is 10.4. The lowest BCUT2D eigenvalue weighted by Crippen LogP contribution is -2.01. The average molecular weight is 174 g/mol. The Kier molecular flexibility index (Phi) is 6.03. The van der Waals surface area contributed by atoms with Crippen molar-refractivity contribution >= 4 is 18.6 Å². The Morgan fingerprint density at radius 2 is 2.27 bits per heavy atom. The molecule has 0 atom stereocenters. The summed E-state index contributed by atoms with van der Waals surface area (Å²) >= 11 is 3.94. The standard InChI is InChI=1S/C8H14O2S/c1-3-4-5-10-8(9)6-7(2)11/h6,11H,3-5H2,1-2H3/b7-6-. The third kappa shape index (κ3) is 7.46. The summed E-state index contributed by atoms with van der Waals surface area (Å²) in [5.74, 6) is -0.300. The molecule has 0 saturated carbocycles. The van der Waals surface area contributed by atoms with Gasteiger partial charge in [0.1, 0.15) is 0 Å². The van der Waals surface area contributed by atoms with Gasteiger partial charge in [-0.2, -0.15) is 0 Å². The lowest BCUT2D eigenvalue weighted by molar-refractivity contribution is -0.137. The molecule has 0 aliphatic heterocycles. The summed E-state index contributed by atoms with van der Waals surface area (Å²) in [4.78, 5) is 11.5.